The number of hydrogen-bond acceptors (Lipinski definition) is 6. The molecule has 0 radical (unpaired) electrons. The number of nitrogens with zero attached hydrogens (tertiary/aromatic N) is 3. The third-order valence-corrected chi connectivity index (χ3v) is 9.46. The van der Waals surface area contributed by atoms with Crippen LogP contribution >= 0.6 is 11.6 Å². The zero-order chi connectivity index (χ0) is 29.6. The minimum Gasteiger partial charge on any atom is -0.297 e. The van der Waals surface area contributed by atoms with Gasteiger partial charge in [0, 0.05) is 50.7 Å². The molecule has 0 bridgehead atoms. The number of allylic oxidation sites excluding steroid dienone is 1. The highest BCUT2D eigenvalue weighted by Crippen LogP contribution is 2.43. The van der Waals surface area contributed by atoms with Crippen LogP contribution in [0, 0.1) is 5.41 Å². The maximum atomic E-state index is 13.5. The largest absolute Gasteiger partial charge is 0.297 e. The molecule has 6 rings (SSSR count). The first-order valence-electron chi connectivity index (χ1n) is 14.8. The molecule has 3 aliphatic heterocycles. The van der Waals surface area contributed by atoms with Gasteiger partial charge in [-0.05, 0) is 66.0 Å². The Hall–Kier alpha value is -3.33. The number of benzene rings is 2. The first-order valence-corrected chi connectivity index (χ1v) is 15.2. The van der Waals surface area contributed by atoms with E-state index in [9.17, 15) is 19.2 Å². The summed E-state index contributed by atoms with van der Waals surface area (Å²) in [6.45, 7) is 9.77. The fourth-order valence-corrected chi connectivity index (χ4v) is 6.92. The molecule has 1 N–H and O–H groups in total. The number of amides is 4. The normalized spacial score (nSPS) is 23.4. The molecule has 9 heteroatoms. The summed E-state index contributed by atoms with van der Waals surface area (Å²) in [7, 11) is 0. The number of piperazine rings is 1. The van der Waals surface area contributed by atoms with E-state index in [-0.39, 0.29) is 24.2 Å². The molecule has 1 atom stereocenters. The Labute approximate surface area is 251 Å². The van der Waals surface area contributed by atoms with Gasteiger partial charge in [0.15, 0.2) is 0 Å². The molecule has 3 heterocycles. The van der Waals surface area contributed by atoms with Crippen LogP contribution in [-0.4, -0.2) is 77.1 Å². The predicted octanol–water partition coefficient (Wildman–Crippen LogP) is 4.52. The molecule has 4 aliphatic rings. The minimum absolute atomic E-state index is 0.108. The first kappa shape index (κ1) is 28.8. The van der Waals surface area contributed by atoms with Crippen LogP contribution in [0.1, 0.15) is 77.8 Å². The minimum atomic E-state index is -0.955. The first-order chi connectivity index (χ1) is 20.1. The zero-order valence-electron chi connectivity index (χ0n) is 24.2. The molecule has 1 aliphatic carbocycles. The SMILES string of the molecule is CC1(C)CCC(CN2CCN(Cc3cccc4c3C(=O)N(C3CCC(=O)NC3=O)C4=O)CC2)=C(c2ccc(Cl)cc2)C1. The van der Waals surface area contributed by atoms with Gasteiger partial charge in [0.1, 0.15) is 6.04 Å². The quantitative estimate of drug-likeness (QED) is 0.499. The third-order valence-electron chi connectivity index (χ3n) is 9.21. The summed E-state index contributed by atoms with van der Waals surface area (Å²) in [5, 5.41) is 3.02. The number of carbonyl (C=O) groups is 4. The van der Waals surface area contributed by atoms with Crippen molar-refractivity contribution < 1.29 is 19.2 Å². The molecule has 42 heavy (non-hydrogen) atoms. The number of nitrogens with one attached hydrogen (secondary N) is 1. The second-order valence-electron chi connectivity index (χ2n) is 12.8. The molecule has 2 fully saturated rings. The number of hydrogen-bond donors (Lipinski definition) is 1. The maximum absolute atomic E-state index is 13.5. The second kappa shape index (κ2) is 11.4. The molecule has 1 unspecified atom stereocenters. The summed E-state index contributed by atoms with van der Waals surface area (Å²) in [5.74, 6) is -1.87. The van der Waals surface area contributed by atoms with Gasteiger partial charge >= 0.3 is 0 Å². The van der Waals surface area contributed by atoms with E-state index in [4.69, 9.17) is 11.6 Å². The van der Waals surface area contributed by atoms with Crippen molar-refractivity contribution in [1.29, 1.82) is 0 Å². The summed E-state index contributed by atoms with van der Waals surface area (Å²) in [5.41, 5.74) is 6.04. The lowest BCUT2D eigenvalue weighted by atomic mass is 9.72. The van der Waals surface area contributed by atoms with Crippen molar-refractivity contribution in [3.05, 3.63) is 75.3 Å². The van der Waals surface area contributed by atoms with Crippen molar-refractivity contribution >= 4 is 40.8 Å². The lowest BCUT2D eigenvalue weighted by Crippen LogP contribution is -2.54. The summed E-state index contributed by atoms with van der Waals surface area (Å²) in [6, 6.07) is 12.6. The summed E-state index contributed by atoms with van der Waals surface area (Å²) < 4.78 is 0. The fourth-order valence-electron chi connectivity index (χ4n) is 6.80. The highest BCUT2D eigenvalue weighted by molar-refractivity contribution is 6.30. The van der Waals surface area contributed by atoms with E-state index < -0.39 is 23.8 Å². The van der Waals surface area contributed by atoms with Gasteiger partial charge in [-0.3, -0.25) is 39.2 Å². The van der Waals surface area contributed by atoms with Gasteiger partial charge < -0.3 is 0 Å². The Bertz CT molecular complexity index is 1470. The Morgan fingerprint density at radius 2 is 1.57 bits per heavy atom. The van der Waals surface area contributed by atoms with E-state index in [1.54, 1.807) is 12.1 Å². The summed E-state index contributed by atoms with van der Waals surface area (Å²) in [4.78, 5) is 56.7. The molecule has 0 saturated carbocycles. The molecule has 2 aromatic carbocycles. The maximum Gasteiger partial charge on any atom is 0.262 e. The van der Waals surface area contributed by atoms with E-state index >= 15 is 0 Å². The smallest absolute Gasteiger partial charge is 0.262 e. The van der Waals surface area contributed by atoms with Gasteiger partial charge in [-0.15, -0.1) is 0 Å². The van der Waals surface area contributed by atoms with E-state index in [1.165, 1.54) is 23.1 Å². The van der Waals surface area contributed by atoms with Crippen molar-refractivity contribution in [3.8, 4) is 0 Å². The highest BCUT2D eigenvalue weighted by atomic mass is 35.5. The van der Waals surface area contributed by atoms with Crippen LogP contribution in [0.5, 0.6) is 0 Å². The molecule has 220 valence electrons. The molecule has 0 aromatic heterocycles. The van der Waals surface area contributed by atoms with Gasteiger partial charge in [0.2, 0.25) is 11.8 Å². The number of halogens is 1. The lowest BCUT2D eigenvalue weighted by molar-refractivity contribution is -0.136. The summed E-state index contributed by atoms with van der Waals surface area (Å²) >= 11 is 6.18. The third kappa shape index (κ3) is 5.68. The van der Waals surface area contributed by atoms with Crippen molar-refractivity contribution in [1.82, 2.24) is 20.0 Å². The Balaban J connectivity index is 1.13. The number of rotatable bonds is 6. The highest BCUT2D eigenvalue weighted by Gasteiger charge is 2.45. The van der Waals surface area contributed by atoms with Crippen LogP contribution in [0.4, 0.5) is 0 Å². The van der Waals surface area contributed by atoms with Gasteiger partial charge in [-0.25, -0.2) is 0 Å². The molecular formula is C33H37ClN4O4. The van der Waals surface area contributed by atoms with Crippen LogP contribution in [0.3, 0.4) is 0 Å². The average molecular weight is 589 g/mol. The van der Waals surface area contributed by atoms with Crippen molar-refractivity contribution in [3.63, 3.8) is 0 Å². The van der Waals surface area contributed by atoms with Crippen LogP contribution in [0.25, 0.3) is 5.57 Å². The molecular weight excluding hydrogens is 552 g/mol. The number of carbonyl (C=O) groups excluding carboxylic acids is 4. The summed E-state index contributed by atoms with van der Waals surface area (Å²) in [6.07, 6.45) is 3.60. The molecule has 8 nitrogen and oxygen atoms in total. The average Bonchev–Trinajstić information content (AvgIpc) is 3.21. The van der Waals surface area contributed by atoms with Gasteiger partial charge in [0.05, 0.1) is 11.1 Å². The predicted molar refractivity (Wildman–Crippen MR) is 161 cm³/mol. The Kier molecular flexibility index (Phi) is 7.81. The molecule has 4 amide bonds. The monoisotopic (exact) mass is 588 g/mol. The van der Waals surface area contributed by atoms with E-state index in [0.717, 1.165) is 61.1 Å². The van der Waals surface area contributed by atoms with Gasteiger partial charge in [-0.2, -0.15) is 0 Å². The van der Waals surface area contributed by atoms with Gasteiger partial charge in [-0.1, -0.05) is 55.3 Å². The standard InChI is InChI=1S/C33H37ClN4O4/c1-33(2)13-12-22(26(18-33)21-6-8-24(34)9-7-21)19-36-14-16-37(17-15-36)20-23-4-3-5-25-29(23)32(42)38(31(25)41)27-10-11-28(39)35-30(27)40/h3-9,27H,10-20H2,1-2H3,(H,35,39,40). The number of imide groups is 2. The van der Waals surface area contributed by atoms with Crippen LogP contribution in [-0.2, 0) is 16.1 Å². The van der Waals surface area contributed by atoms with Crippen molar-refractivity contribution in [2.24, 2.45) is 5.41 Å². The van der Waals surface area contributed by atoms with Crippen LogP contribution < -0.4 is 5.32 Å². The lowest BCUT2D eigenvalue weighted by Gasteiger charge is -2.38. The van der Waals surface area contributed by atoms with E-state index in [0.29, 0.717) is 17.7 Å². The van der Waals surface area contributed by atoms with Crippen molar-refractivity contribution in [2.75, 3.05) is 32.7 Å². The number of fused-ring (bicyclic) bond motifs is 1. The van der Waals surface area contributed by atoms with E-state index in [2.05, 4.69) is 41.1 Å². The molecule has 0 spiro atoms. The Morgan fingerprint density at radius 1 is 0.881 bits per heavy atom. The van der Waals surface area contributed by atoms with Crippen LogP contribution in [0.2, 0.25) is 5.02 Å². The van der Waals surface area contributed by atoms with Crippen LogP contribution in [0.15, 0.2) is 48.0 Å². The molecule has 2 saturated heterocycles. The second-order valence-corrected chi connectivity index (χ2v) is 13.2. The fraction of sp³-hybridized carbons (Fsp3) is 0.455. The topological polar surface area (TPSA) is 90.0 Å². The Morgan fingerprint density at radius 3 is 2.26 bits per heavy atom. The van der Waals surface area contributed by atoms with E-state index in [1.807, 2.05) is 18.2 Å². The van der Waals surface area contributed by atoms with Crippen molar-refractivity contribution in [2.45, 2.75) is 58.5 Å². The number of piperidine rings is 1. The van der Waals surface area contributed by atoms with Gasteiger partial charge in [0.25, 0.3) is 11.8 Å². The molecule has 2 aromatic rings. The zero-order valence-corrected chi connectivity index (χ0v) is 25.0.